The molecule has 2 amide bonds. The third kappa shape index (κ3) is 4.52. The van der Waals surface area contributed by atoms with Crippen LogP contribution in [0.1, 0.15) is 45.1 Å². The Balaban J connectivity index is 1.87. The summed E-state index contributed by atoms with van der Waals surface area (Å²) in [5.41, 5.74) is 1.63. The van der Waals surface area contributed by atoms with Crippen molar-refractivity contribution >= 4 is 51.9 Å². The second-order valence-electron chi connectivity index (χ2n) is 6.67. The van der Waals surface area contributed by atoms with E-state index in [9.17, 15) is 9.59 Å². The van der Waals surface area contributed by atoms with Gasteiger partial charge in [0.05, 0.1) is 17.1 Å². The highest BCUT2D eigenvalue weighted by molar-refractivity contribution is 8.26. The molecule has 1 aromatic carbocycles. The molecule has 5 nitrogen and oxygen atoms in total. The second-order valence-corrected chi connectivity index (χ2v) is 8.38. The molecule has 2 aliphatic rings. The number of anilines is 1. The molecule has 27 heavy (non-hydrogen) atoms. The Hall–Kier alpha value is -1.86. The van der Waals surface area contributed by atoms with Gasteiger partial charge in [0.25, 0.3) is 5.91 Å². The number of nitrogens with one attached hydrogen (secondary N) is 1. The normalized spacial score (nSPS) is 18.9. The molecular formula is C20H24N2O3S2. The number of hydrogen-bond acceptors (Lipinski definition) is 5. The van der Waals surface area contributed by atoms with Crippen molar-refractivity contribution in [2.75, 3.05) is 18.1 Å². The molecule has 1 unspecified atom stereocenters. The third-order valence-electron chi connectivity index (χ3n) is 4.80. The van der Waals surface area contributed by atoms with Crippen LogP contribution in [0, 0.1) is 5.92 Å². The number of amides is 2. The third-order valence-corrected chi connectivity index (χ3v) is 5.96. The van der Waals surface area contributed by atoms with E-state index in [0.29, 0.717) is 28.1 Å². The average molecular weight is 405 g/mol. The maximum Gasteiger partial charge on any atom is 0.263 e. The molecule has 0 aliphatic carbocycles. The molecular weight excluding hydrogens is 380 g/mol. The second kappa shape index (κ2) is 8.89. The highest BCUT2D eigenvalue weighted by Crippen LogP contribution is 2.36. The van der Waals surface area contributed by atoms with Crippen molar-refractivity contribution < 1.29 is 14.3 Å². The van der Waals surface area contributed by atoms with E-state index >= 15 is 0 Å². The van der Waals surface area contributed by atoms with E-state index in [2.05, 4.69) is 19.2 Å². The number of carbonyl (C=O) groups is 2. The van der Waals surface area contributed by atoms with E-state index in [1.807, 2.05) is 23.1 Å². The number of fused-ring (bicyclic) bond motifs is 1. The minimum absolute atomic E-state index is 0.0337. The molecule has 144 valence electrons. The molecule has 0 bridgehead atoms. The number of thiocarbonyl (C=S) groups is 1. The van der Waals surface area contributed by atoms with Crippen LogP contribution in [-0.2, 0) is 9.59 Å². The van der Waals surface area contributed by atoms with Crippen molar-refractivity contribution in [3.8, 4) is 5.75 Å². The SMILES string of the molecule is CCCCC(CC)C(=O)N1CCOc2ccc(/C=C3\SC(=S)NC3=O)cc21. The summed E-state index contributed by atoms with van der Waals surface area (Å²) >= 11 is 6.28. The molecule has 3 rings (SSSR count). The molecule has 0 saturated carbocycles. The number of ether oxygens (including phenoxy) is 1. The van der Waals surface area contributed by atoms with Gasteiger partial charge >= 0.3 is 0 Å². The summed E-state index contributed by atoms with van der Waals surface area (Å²) in [4.78, 5) is 27.4. The van der Waals surface area contributed by atoms with E-state index < -0.39 is 0 Å². The lowest BCUT2D eigenvalue weighted by atomic mass is 9.97. The summed E-state index contributed by atoms with van der Waals surface area (Å²) in [6.45, 7) is 5.26. The Labute approximate surface area is 169 Å². The van der Waals surface area contributed by atoms with Gasteiger partial charge in [0.2, 0.25) is 5.91 Å². The first-order chi connectivity index (χ1) is 13.0. The zero-order valence-corrected chi connectivity index (χ0v) is 17.3. The topological polar surface area (TPSA) is 58.6 Å². The molecule has 2 aliphatic heterocycles. The fraction of sp³-hybridized carbons (Fsp3) is 0.450. The van der Waals surface area contributed by atoms with Crippen molar-refractivity contribution in [2.24, 2.45) is 5.92 Å². The molecule has 0 aromatic heterocycles. The smallest absolute Gasteiger partial charge is 0.263 e. The number of thioether (sulfide) groups is 1. The van der Waals surface area contributed by atoms with Gasteiger partial charge in [0, 0.05) is 5.92 Å². The Kier molecular flexibility index (Phi) is 6.55. The average Bonchev–Trinajstić information content (AvgIpc) is 2.98. The van der Waals surface area contributed by atoms with Gasteiger partial charge in [-0.05, 0) is 36.6 Å². The zero-order valence-electron chi connectivity index (χ0n) is 15.6. The maximum absolute atomic E-state index is 13.1. The van der Waals surface area contributed by atoms with Crippen molar-refractivity contribution in [3.63, 3.8) is 0 Å². The minimum Gasteiger partial charge on any atom is -0.490 e. The Bertz CT molecular complexity index is 791. The summed E-state index contributed by atoms with van der Waals surface area (Å²) < 4.78 is 6.21. The standard InChI is InChI=1S/C20H24N2O3S2/c1-3-5-6-14(4-2)19(24)22-9-10-25-16-8-7-13(11-15(16)22)12-17-18(23)21-20(26)27-17/h7-8,11-12,14H,3-6,9-10H2,1-2H3,(H,21,23,26)/b17-12-. The fourth-order valence-electron chi connectivity index (χ4n) is 3.30. The maximum atomic E-state index is 13.1. The van der Waals surface area contributed by atoms with Crippen LogP contribution in [-0.4, -0.2) is 29.3 Å². The molecule has 1 atom stereocenters. The van der Waals surface area contributed by atoms with E-state index in [-0.39, 0.29) is 17.7 Å². The number of unbranched alkanes of at least 4 members (excludes halogenated alkanes) is 1. The van der Waals surface area contributed by atoms with Gasteiger partial charge in [-0.1, -0.05) is 56.7 Å². The van der Waals surface area contributed by atoms with E-state index in [1.165, 1.54) is 11.8 Å². The largest absolute Gasteiger partial charge is 0.490 e. The number of hydrogen-bond donors (Lipinski definition) is 1. The van der Waals surface area contributed by atoms with Crippen LogP contribution >= 0.6 is 24.0 Å². The van der Waals surface area contributed by atoms with Crippen molar-refractivity contribution in [1.29, 1.82) is 0 Å². The number of nitrogens with zero attached hydrogens (tertiary/aromatic N) is 1. The van der Waals surface area contributed by atoms with Crippen LogP contribution in [0.3, 0.4) is 0 Å². The summed E-state index contributed by atoms with van der Waals surface area (Å²) in [6.07, 6.45) is 5.69. The van der Waals surface area contributed by atoms with Gasteiger partial charge in [-0.15, -0.1) is 0 Å². The molecule has 0 spiro atoms. The van der Waals surface area contributed by atoms with Gasteiger partial charge in [-0.3, -0.25) is 9.59 Å². The van der Waals surface area contributed by atoms with E-state index in [0.717, 1.165) is 36.9 Å². The van der Waals surface area contributed by atoms with Crippen molar-refractivity contribution in [1.82, 2.24) is 5.32 Å². The predicted molar refractivity (Wildman–Crippen MR) is 114 cm³/mol. The van der Waals surface area contributed by atoms with Gasteiger partial charge in [0.15, 0.2) is 0 Å². The Morgan fingerprint density at radius 2 is 2.26 bits per heavy atom. The van der Waals surface area contributed by atoms with E-state index in [4.69, 9.17) is 17.0 Å². The van der Waals surface area contributed by atoms with Crippen LogP contribution in [0.5, 0.6) is 5.75 Å². The minimum atomic E-state index is -0.183. The predicted octanol–water partition coefficient (Wildman–Crippen LogP) is 4.12. The lowest BCUT2D eigenvalue weighted by molar-refractivity contribution is -0.123. The Morgan fingerprint density at radius 3 is 2.93 bits per heavy atom. The van der Waals surface area contributed by atoms with Gasteiger partial charge < -0.3 is 15.0 Å². The summed E-state index contributed by atoms with van der Waals surface area (Å²) in [7, 11) is 0. The van der Waals surface area contributed by atoms with Crippen LogP contribution in [0.25, 0.3) is 6.08 Å². The molecule has 2 heterocycles. The molecule has 0 radical (unpaired) electrons. The quantitative estimate of drug-likeness (QED) is 0.571. The summed E-state index contributed by atoms with van der Waals surface area (Å²) in [6, 6.07) is 5.68. The first-order valence-corrected chi connectivity index (χ1v) is 10.6. The van der Waals surface area contributed by atoms with Crippen LogP contribution < -0.4 is 15.0 Å². The van der Waals surface area contributed by atoms with Crippen molar-refractivity contribution in [3.05, 3.63) is 28.7 Å². The van der Waals surface area contributed by atoms with Gasteiger partial charge in [0.1, 0.15) is 16.7 Å². The summed E-state index contributed by atoms with van der Waals surface area (Å²) in [5.74, 6) is 0.722. The van der Waals surface area contributed by atoms with Crippen molar-refractivity contribution in [2.45, 2.75) is 39.5 Å². The van der Waals surface area contributed by atoms with Gasteiger partial charge in [-0.2, -0.15) is 0 Å². The summed E-state index contributed by atoms with van der Waals surface area (Å²) in [5, 5.41) is 2.62. The van der Waals surface area contributed by atoms with Crippen LogP contribution in [0.15, 0.2) is 23.1 Å². The van der Waals surface area contributed by atoms with Gasteiger partial charge in [-0.25, -0.2) is 0 Å². The number of carbonyl (C=O) groups excluding carboxylic acids is 2. The lowest BCUT2D eigenvalue weighted by Gasteiger charge is -2.32. The monoisotopic (exact) mass is 404 g/mol. The number of rotatable bonds is 6. The molecule has 1 aromatic rings. The first-order valence-electron chi connectivity index (χ1n) is 9.36. The van der Waals surface area contributed by atoms with Crippen LogP contribution in [0.4, 0.5) is 5.69 Å². The molecule has 1 fully saturated rings. The molecule has 1 N–H and O–H groups in total. The Morgan fingerprint density at radius 1 is 1.44 bits per heavy atom. The first kappa shape index (κ1) is 19.9. The van der Waals surface area contributed by atoms with Crippen LogP contribution in [0.2, 0.25) is 0 Å². The molecule has 1 saturated heterocycles. The highest BCUT2D eigenvalue weighted by atomic mass is 32.2. The molecule has 7 heteroatoms. The zero-order chi connectivity index (χ0) is 19.4. The number of benzene rings is 1. The fourth-order valence-corrected chi connectivity index (χ4v) is 4.34. The highest BCUT2D eigenvalue weighted by Gasteiger charge is 2.29. The lowest BCUT2D eigenvalue weighted by Crippen LogP contribution is -2.41. The van der Waals surface area contributed by atoms with E-state index in [1.54, 1.807) is 6.08 Å².